The number of nitro groups is 1. The zero-order valence-corrected chi connectivity index (χ0v) is 16.3. The zero-order chi connectivity index (χ0) is 20.4. The van der Waals surface area contributed by atoms with Crippen LogP contribution in [0.25, 0.3) is 0 Å². The van der Waals surface area contributed by atoms with Gasteiger partial charge in [-0.2, -0.15) is 0 Å². The number of amides is 1. The Bertz CT molecular complexity index is 749. The molecule has 0 aromatic heterocycles. The Morgan fingerprint density at radius 3 is 2.41 bits per heavy atom. The highest BCUT2D eigenvalue weighted by molar-refractivity contribution is 5.89. The fourth-order valence-electron chi connectivity index (χ4n) is 3.11. The minimum absolute atomic E-state index is 0.0595. The third-order valence-electron chi connectivity index (χ3n) is 4.71. The molecular weight excluding hydrogens is 352 g/mol. The summed E-state index contributed by atoms with van der Waals surface area (Å²) in [6.45, 7) is 9.04. The fourth-order valence-corrected chi connectivity index (χ4v) is 3.11. The summed E-state index contributed by atoms with van der Waals surface area (Å²) in [4.78, 5) is 34.8. The second-order valence-corrected chi connectivity index (χ2v) is 7.66. The van der Waals surface area contributed by atoms with Crippen LogP contribution >= 0.6 is 0 Å². The molecule has 1 aromatic carbocycles. The molecule has 1 amide bonds. The molecule has 1 aliphatic rings. The molecule has 1 aromatic rings. The summed E-state index contributed by atoms with van der Waals surface area (Å²) >= 11 is 0. The van der Waals surface area contributed by atoms with E-state index in [1.165, 1.54) is 12.1 Å². The maximum Gasteiger partial charge on any atom is 0.311 e. The summed E-state index contributed by atoms with van der Waals surface area (Å²) in [6, 6.07) is 4.35. The molecule has 8 nitrogen and oxygen atoms in total. The molecule has 8 heteroatoms. The van der Waals surface area contributed by atoms with Crippen LogP contribution in [0.5, 0.6) is 5.75 Å². The predicted molar refractivity (Wildman–Crippen MR) is 98.2 cm³/mol. The average Bonchev–Trinajstić information content (AvgIpc) is 2.54. The van der Waals surface area contributed by atoms with Gasteiger partial charge in [0.05, 0.1) is 11.3 Å². The maximum atomic E-state index is 12.0. The van der Waals surface area contributed by atoms with Crippen LogP contribution in [0, 0.1) is 15.5 Å². The van der Waals surface area contributed by atoms with E-state index in [1.54, 1.807) is 26.8 Å². The molecule has 1 heterocycles. The van der Waals surface area contributed by atoms with E-state index >= 15 is 0 Å². The van der Waals surface area contributed by atoms with Crippen LogP contribution in [0.15, 0.2) is 18.2 Å². The summed E-state index contributed by atoms with van der Waals surface area (Å²) in [5.41, 5.74) is -1.10. The summed E-state index contributed by atoms with van der Waals surface area (Å²) < 4.78 is 11.0. The highest BCUT2D eigenvalue weighted by atomic mass is 16.6. The molecule has 1 N–H and O–H groups in total. The van der Waals surface area contributed by atoms with E-state index in [9.17, 15) is 19.7 Å². The van der Waals surface area contributed by atoms with E-state index in [1.807, 2.05) is 13.8 Å². The van der Waals surface area contributed by atoms with Crippen molar-refractivity contribution < 1.29 is 24.0 Å². The van der Waals surface area contributed by atoms with Crippen LogP contribution in [-0.4, -0.2) is 28.6 Å². The van der Waals surface area contributed by atoms with Gasteiger partial charge in [-0.25, -0.2) is 0 Å². The van der Waals surface area contributed by atoms with Gasteiger partial charge in [-0.15, -0.1) is 0 Å². The number of hydrogen-bond acceptors (Lipinski definition) is 6. The van der Waals surface area contributed by atoms with E-state index < -0.39 is 28.1 Å². The van der Waals surface area contributed by atoms with Gasteiger partial charge < -0.3 is 14.8 Å². The van der Waals surface area contributed by atoms with Gasteiger partial charge in [-0.1, -0.05) is 19.9 Å². The SMILES string of the molecule is CCC1(CC)C(=O)NC1Oc1ccc(CC(=O)OC(C)(C)C)cc1[N+](=O)[O-]. The number of carbonyl (C=O) groups excluding carboxylic acids is 2. The van der Waals surface area contributed by atoms with E-state index in [4.69, 9.17) is 9.47 Å². The van der Waals surface area contributed by atoms with Gasteiger partial charge in [-0.05, 0) is 45.2 Å². The van der Waals surface area contributed by atoms with Gasteiger partial charge >= 0.3 is 11.7 Å². The average molecular weight is 378 g/mol. The van der Waals surface area contributed by atoms with Crippen molar-refractivity contribution in [2.45, 2.75) is 65.7 Å². The first-order chi connectivity index (χ1) is 12.5. The van der Waals surface area contributed by atoms with Crippen molar-refractivity contribution in [3.05, 3.63) is 33.9 Å². The lowest BCUT2D eigenvalue weighted by molar-refractivity contribution is -0.386. The number of rotatable bonds is 7. The monoisotopic (exact) mass is 378 g/mol. The smallest absolute Gasteiger partial charge is 0.311 e. The third kappa shape index (κ3) is 4.37. The summed E-state index contributed by atoms with van der Waals surface area (Å²) in [7, 11) is 0. The number of nitrogens with one attached hydrogen (secondary N) is 1. The van der Waals surface area contributed by atoms with E-state index in [0.29, 0.717) is 18.4 Å². The van der Waals surface area contributed by atoms with Crippen LogP contribution in [0.4, 0.5) is 5.69 Å². The Balaban J connectivity index is 2.20. The van der Waals surface area contributed by atoms with Crippen molar-refractivity contribution in [2.75, 3.05) is 0 Å². The van der Waals surface area contributed by atoms with Gasteiger partial charge in [0.25, 0.3) is 0 Å². The van der Waals surface area contributed by atoms with Crippen LogP contribution < -0.4 is 10.1 Å². The minimum atomic E-state index is -0.678. The van der Waals surface area contributed by atoms with Gasteiger partial charge in [-0.3, -0.25) is 19.7 Å². The number of β-lactam (4-membered cyclic amide) rings is 1. The summed E-state index contributed by atoms with van der Waals surface area (Å²) in [6.07, 6.45) is 0.456. The molecule has 1 saturated heterocycles. The Hall–Kier alpha value is -2.64. The molecule has 1 unspecified atom stereocenters. The van der Waals surface area contributed by atoms with Crippen molar-refractivity contribution in [1.82, 2.24) is 5.32 Å². The number of esters is 1. The Morgan fingerprint density at radius 2 is 1.93 bits per heavy atom. The van der Waals surface area contributed by atoms with E-state index in [-0.39, 0.29) is 23.8 Å². The van der Waals surface area contributed by atoms with Gasteiger partial charge in [0, 0.05) is 6.07 Å². The third-order valence-corrected chi connectivity index (χ3v) is 4.71. The largest absolute Gasteiger partial charge is 0.462 e. The quantitative estimate of drug-likeness (QED) is 0.338. The van der Waals surface area contributed by atoms with E-state index in [0.717, 1.165) is 0 Å². The van der Waals surface area contributed by atoms with Crippen LogP contribution in [-0.2, 0) is 20.7 Å². The molecule has 148 valence electrons. The summed E-state index contributed by atoms with van der Waals surface area (Å²) in [5.74, 6) is -0.515. The number of benzene rings is 1. The molecule has 1 fully saturated rings. The lowest BCUT2D eigenvalue weighted by atomic mass is 9.73. The second kappa shape index (κ2) is 7.54. The lowest BCUT2D eigenvalue weighted by Crippen LogP contribution is -2.69. The predicted octanol–water partition coefficient (Wildman–Crippen LogP) is 3.12. The Kier molecular flexibility index (Phi) is 5.77. The first-order valence-electron chi connectivity index (χ1n) is 8.99. The zero-order valence-electron chi connectivity index (χ0n) is 16.3. The molecule has 1 aliphatic heterocycles. The lowest BCUT2D eigenvalue weighted by Gasteiger charge is -2.46. The number of ether oxygens (including phenoxy) is 2. The molecule has 0 saturated carbocycles. The highest BCUT2D eigenvalue weighted by Crippen LogP contribution is 2.41. The maximum absolute atomic E-state index is 12.0. The number of hydrogen-bond donors (Lipinski definition) is 1. The molecule has 0 bridgehead atoms. The molecule has 1 atom stereocenters. The first-order valence-corrected chi connectivity index (χ1v) is 8.99. The molecule has 2 rings (SSSR count). The van der Waals surface area contributed by atoms with Crippen LogP contribution in [0.1, 0.15) is 53.0 Å². The van der Waals surface area contributed by atoms with E-state index in [2.05, 4.69) is 5.32 Å². The standard InChI is InChI=1S/C19H26N2O6/c1-6-19(7-2)16(23)20-17(19)26-14-9-8-12(10-13(14)21(24)25)11-15(22)27-18(3,4)5/h8-10,17H,6-7,11H2,1-5H3,(H,20,23). The minimum Gasteiger partial charge on any atom is -0.462 e. The molecular formula is C19H26N2O6. The van der Waals surface area contributed by atoms with Crippen molar-refractivity contribution in [1.29, 1.82) is 0 Å². The van der Waals surface area contributed by atoms with Crippen molar-refractivity contribution in [2.24, 2.45) is 5.41 Å². The molecule has 27 heavy (non-hydrogen) atoms. The van der Waals surface area contributed by atoms with Crippen molar-refractivity contribution >= 4 is 17.6 Å². The van der Waals surface area contributed by atoms with Gasteiger partial charge in [0.2, 0.25) is 5.91 Å². The van der Waals surface area contributed by atoms with Crippen LogP contribution in [0.2, 0.25) is 0 Å². The summed E-state index contributed by atoms with van der Waals surface area (Å²) in [5, 5.41) is 14.1. The number of carbonyl (C=O) groups is 2. The highest BCUT2D eigenvalue weighted by Gasteiger charge is 2.54. The number of nitro benzene ring substituents is 1. The fraction of sp³-hybridized carbons (Fsp3) is 0.579. The normalized spacial score (nSPS) is 18.3. The second-order valence-electron chi connectivity index (χ2n) is 7.66. The van der Waals surface area contributed by atoms with Crippen molar-refractivity contribution in [3.8, 4) is 5.75 Å². The molecule has 0 spiro atoms. The molecule has 0 aliphatic carbocycles. The molecule has 0 radical (unpaired) electrons. The Morgan fingerprint density at radius 1 is 1.30 bits per heavy atom. The topological polar surface area (TPSA) is 108 Å². The van der Waals surface area contributed by atoms with Gasteiger partial charge in [0.15, 0.2) is 12.0 Å². The first kappa shape index (κ1) is 20.7. The van der Waals surface area contributed by atoms with Crippen LogP contribution in [0.3, 0.4) is 0 Å². The van der Waals surface area contributed by atoms with Crippen molar-refractivity contribution in [3.63, 3.8) is 0 Å². The Labute approximate surface area is 158 Å². The van der Waals surface area contributed by atoms with Gasteiger partial charge in [0.1, 0.15) is 11.0 Å². The number of nitrogens with zero attached hydrogens (tertiary/aromatic N) is 1.